The van der Waals surface area contributed by atoms with Gasteiger partial charge in [0.2, 0.25) is 0 Å². The monoisotopic (exact) mass is 325 g/mol. The molecule has 2 bridgehead atoms. The van der Waals surface area contributed by atoms with Crippen molar-refractivity contribution < 1.29 is 13.2 Å². The number of nitrogens with zero attached hydrogens (tertiary/aromatic N) is 1. The summed E-state index contributed by atoms with van der Waals surface area (Å²) in [6.45, 7) is 0. The number of carbonyl (C=O) groups is 1. The first-order valence-corrected chi connectivity index (χ1v) is 10.2. The Morgan fingerprint density at radius 1 is 1.18 bits per heavy atom. The van der Waals surface area contributed by atoms with Gasteiger partial charge >= 0.3 is 6.03 Å². The van der Waals surface area contributed by atoms with Crippen molar-refractivity contribution >= 4 is 21.6 Å². The molecule has 0 radical (unpaired) electrons. The highest BCUT2D eigenvalue weighted by atomic mass is 32.2. The van der Waals surface area contributed by atoms with Crippen LogP contribution in [0.1, 0.15) is 38.5 Å². The molecule has 2 N–H and O–H groups in total. The number of carbonyl (C=O) groups excluding carboxylic acids is 1. The first-order valence-electron chi connectivity index (χ1n) is 8.35. The highest BCUT2D eigenvalue weighted by Gasteiger charge is 2.52. The number of nitrogens with one attached hydrogen (secondary N) is 2. The Hall–Kier alpha value is -1.11. The fourth-order valence-electron chi connectivity index (χ4n) is 5.19. The molecule has 1 heterocycles. The zero-order valence-electron chi connectivity index (χ0n) is 12.6. The summed E-state index contributed by atoms with van der Waals surface area (Å²) in [4.78, 5) is 11.9. The Morgan fingerprint density at radius 3 is 2.77 bits per heavy atom. The molecule has 0 aromatic carbocycles. The van der Waals surface area contributed by atoms with Crippen LogP contribution >= 0.6 is 0 Å². The van der Waals surface area contributed by atoms with Crippen molar-refractivity contribution in [2.24, 2.45) is 28.8 Å². The van der Waals surface area contributed by atoms with Crippen LogP contribution in [0, 0.1) is 23.7 Å². The molecular weight excluding hydrogens is 302 g/mol. The van der Waals surface area contributed by atoms with Gasteiger partial charge in [0.25, 0.3) is 0 Å². The predicted molar refractivity (Wildman–Crippen MR) is 83.2 cm³/mol. The lowest BCUT2D eigenvalue weighted by atomic mass is 9.81. The van der Waals surface area contributed by atoms with Crippen LogP contribution in [0.3, 0.4) is 0 Å². The number of sulfone groups is 1. The number of amides is 2. The Kier molecular flexibility index (Phi) is 3.43. The lowest BCUT2D eigenvalue weighted by Crippen LogP contribution is -2.41. The van der Waals surface area contributed by atoms with Gasteiger partial charge in [0.15, 0.2) is 9.84 Å². The van der Waals surface area contributed by atoms with Crippen molar-refractivity contribution in [2.45, 2.75) is 44.6 Å². The fraction of sp³-hybridized carbons (Fsp3) is 0.867. The number of rotatable bonds is 2. The summed E-state index contributed by atoms with van der Waals surface area (Å²) in [5.74, 6) is 3.26. The molecule has 5 atom stereocenters. The van der Waals surface area contributed by atoms with Gasteiger partial charge in [0.05, 0.1) is 11.5 Å². The predicted octanol–water partition coefficient (Wildman–Crippen LogP) is 1.28. The molecule has 22 heavy (non-hydrogen) atoms. The number of hydrogen-bond acceptors (Lipinski definition) is 4. The van der Waals surface area contributed by atoms with Crippen LogP contribution < -0.4 is 10.7 Å². The van der Waals surface area contributed by atoms with Gasteiger partial charge in [0, 0.05) is 17.7 Å². The molecule has 7 heteroatoms. The van der Waals surface area contributed by atoms with E-state index in [2.05, 4.69) is 15.8 Å². The number of hydrogen-bond donors (Lipinski definition) is 2. The van der Waals surface area contributed by atoms with Crippen molar-refractivity contribution in [3.63, 3.8) is 0 Å². The van der Waals surface area contributed by atoms with Gasteiger partial charge in [-0.2, -0.15) is 5.10 Å². The van der Waals surface area contributed by atoms with E-state index >= 15 is 0 Å². The first kappa shape index (κ1) is 14.5. The topological polar surface area (TPSA) is 87.6 Å². The Labute approximate surface area is 131 Å². The fourth-order valence-corrected chi connectivity index (χ4v) is 6.87. The summed E-state index contributed by atoms with van der Waals surface area (Å²) in [5, 5.41) is 7.06. The van der Waals surface area contributed by atoms with Gasteiger partial charge < -0.3 is 5.32 Å². The van der Waals surface area contributed by atoms with Crippen molar-refractivity contribution in [1.82, 2.24) is 10.7 Å². The maximum absolute atomic E-state index is 11.9. The van der Waals surface area contributed by atoms with Crippen molar-refractivity contribution in [1.29, 1.82) is 0 Å². The van der Waals surface area contributed by atoms with E-state index in [1.165, 1.54) is 25.7 Å². The molecular formula is C15H23N3O3S. The van der Waals surface area contributed by atoms with Gasteiger partial charge in [-0.1, -0.05) is 6.42 Å². The molecule has 0 spiro atoms. The molecule has 1 saturated heterocycles. The quantitative estimate of drug-likeness (QED) is 0.750. The maximum atomic E-state index is 11.9. The van der Waals surface area contributed by atoms with E-state index in [1.807, 2.05) is 0 Å². The third kappa shape index (κ3) is 2.53. The zero-order valence-corrected chi connectivity index (χ0v) is 13.4. The number of urea groups is 1. The molecule has 2 amide bonds. The molecule has 0 unspecified atom stereocenters. The van der Waals surface area contributed by atoms with E-state index in [0.29, 0.717) is 12.3 Å². The Bertz CT molecular complexity index is 616. The minimum absolute atomic E-state index is 0.0471. The second-order valence-electron chi connectivity index (χ2n) is 7.35. The van der Waals surface area contributed by atoms with Crippen LogP contribution in [0.5, 0.6) is 0 Å². The van der Waals surface area contributed by atoms with Crippen LogP contribution in [0.15, 0.2) is 5.10 Å². The van der Waals surface area contributed by atoms with Gasteiger partial charge in [-0.05, 0) is 49.9 Å². The van der Waals surface area contributed by atoms with E-state index in [-0.39, 0.29) is 23.6 Å². The van der Waals surface area contributed by atoms with E-state index < -0.39 is 9.84 Å². The van der Waals surface area contributed by atoms with Crippen molar-refractivity contribution in [3.8, 4) is 0 Å². The van der Waals surface area contributed by atoms with Gasteiger partial charge in [-0.25, -0.2) is 18.6 Å². The third-order valence-electron chi connectivity index (χ3n) is 6.07. The zero-order chi connectivity index (χ0) is 15.3. The molecule has 0 aromatic rings. The molecule has 3 aliphatic carbocycles. The SMILES string of the molecule is O=C(N/N=C1\C[C@H]2C[C@H]1[C@@H]1CCC[C@H]21)N[C@H]1CCS(=O)(=O)C1. The highest BCUT2D eigenvalue weighted by Crippen LogP contribution is 2.57. The summed E-state index contributed by atoms with van der Waals surface area (Å²) in [5.41, 5.74) is 3.74. The normalized spacial score (nSPS) is 43.5. The molecule has 4 fully saturated rings. The van der Waals surface area contributed by atoms with Crippen LogP contribution in [0.4, 0.5) is 4.79 Å². The summed E-state index contributed by atoms with van der Waals surface area (Å²) < 4.78 is 22.8. The smallest absolute Gasteiger partial charge is 0.333 e. The summed E-state index contributed by atoms with van der Waals surface area (Å²) in [7, 11) is -2.97. The molecule has 1 aliphatic heterocycles. The first-order chi connectivity index (χ1) is 10.5. The van der Waals surface area contributed by atoms with E-state index in [4.69, 9.17) is 0 Å². The number of fused-ring (bicyclic) bond motifs is 5. The summed E-state index contributed by atoms with van der Waals surface area (Å²) in [6.07, 6.45) is 6.82. The molecule has 0 aromatic heterocycles. The Balaban J connectivity index is 1.32. The molecule has 3 saturated carbocycles. The molecule has 122 valence electrons. The average molecular weight is 325 g/mol. The number of hydrazone groups is 1. The van der Waals surface area contributed by atoms with E-state index in [0.717, 1.165) is 29.9 Å². The van der Waals surface area contributed by atoms with E-state index in [9.17, 15) is 13.2 Å². The van der Waals surface area contributed by atoms with Gasteiger partial charge in [-0.3, -0.25) is 0 Å². The maximum Gasteiger partial charge on any atom is 0.335 e. The minimum atomic E-state index is -2.97. The lowest BCUT2D eigenvalue weighted by Gasteiger charge is -2.25. The van der Waals surface area contributed by atoms with E-state index in [1.54, 1.807) is 0 Å². The second-order valence-corrected chi connectivity index (χ2v) is 9.58. The van der Waals surface area contributed by atoms with Crippen LogP contribution in [-0.4, -0.2) is 37.7 Å². The average Bonchev–Trinajstić information content (AvgIpc) is 3.17. The third-order valence-corrected chi connectivity index (χ3v) is 7.84. The van der Waals surface area contributed by atoms with Crippen molar-refractivity contribution in [2.75, 3.05) is 11.5 Å². The summed E-state index contributed by atoms with van der Waals surface area (Å²) >= 11 is 0. The minimum Gasteiger partial charge on any atom is -0.333 e. The summed E-state index contributed by atoms with van der Waals surface area (Å²) in [6, 6.07) is -0.648. The molecule has 4 rings (SSSR count). The van der Waals surface area contributed by atoms with Crippen LogP contribution in [-0.2, 0) is 9.84 Å². The standard InChI is InChI=1S/C15H23N3O3S/c19-15(16-10-4-5-22(20,21)8-10)18-17-14-7-9-6-13(14)12-3-1-2-11(9)12/h9-13H,1-8H2,(H2,16,18,19)/b17-14+/t9-,10+,11-,12-,13+/m1/s1. The van der Waals surface area contributed by atoms with Gasteiger partial charge in [0.1, 0.15) is 0 Å². The van der Waals surface area contributed by atoms with Crippen LogP contribution in [0.25, 0.3) is 0 Å². The lowest BCUT2D eigenvalue weighted by molar-refractivity contribution is 0.238. The Morgan fingerprint density at radius 2 is 2.00 bits per heavy atom. The van der Waals surface area contributed by atoms with Crippen molar-refractivity contribution in [3.05, 3.63) is 0 Å². The molecule has 6 nitrogen and oxygen atoms in total. The largest absolute Gasteiger partial charge is 0.335 e. The second kappa shape index (κ2) is 5.22. The van der Waals surface area contributed by atoms with Crippen LogP contribution in [0.2, 0.25) is 0 Å². The molecule has 4 aliphatic rings. The highest BCUT2D eigenvalue weighted by molar-refractivity contribution is 7.91. The van der Waals surface area contributed by atoms with Gasteiger partial charge in [-0.15, -0.1) is 0 Å².